The van der Waals surface area contributed by atoms with Gasteiger partial charge in [-0.15, -0.1) is 0 Å². The number of methoxy groups -OCH3 is 1. The van der Waals surface area contributed by atoms with Gasteiger partial charge in [-0.2, -0.15) is 0 Å². The lowest BCUT2D eigenvalue weighted by Gasteiger charge is -2.29. The molecule has 1 aromatic rings. The molecule has 0 aromatic heterocycles. The minimum atomic E-state index is -0.549. The Labute approximate surface area is 180 Å². The largest absolute Gasteiger partial charge is 0.493 e. The highest BCUT2D eigenvalue weighted by Gasteiger charge is 2.19. The molecule has 1 atom stereocenters. The summed E-state index contributed by atoms with van der Waals surface area (Å²) in [7, 11) is 3.81. The number of hydrogen-bond acceptors (Lipinski definition) is 7. The second-order valence-corrected chi connectivity index (χ2v) is 8.41. The van der Waals surface area contributed by atoms with Crippen LogP contribution in [0.3, 0.4) is 0 Å². The fraction of sp³-hybridized carbons (Fsp3) is 0.739. The number of benzene rings is 1. The Hall–Kier alpha value is -1.38. The van der Waals surface area contributed by atoms with Crippen LogP contribution in [-0.2, 0) is 16.0 Å². The molecule has 2 saturated heterocycles. The van der Waals surface area contributed by atoms with Crippen molar-refractivity contribution >= 4 is 0 Å². The SMILES string of the molecule is COc1cccc(CN(C)CCC2CCOCC2)c1OCC(O)CN1CCOCC1. The number of hydrogen-bond donors (Lipinski definition) is 1. The molecule has 2 fully saturated rings. The minimum absolute atomic E-state index is 0.247. The number of nitrogens with zero attached hydrogens (tertiary/aromatic N) is 2. The first-order valence-corrected chi connectivity index (χ1v) is 11.2. The molecule has 170 valence electrons. The van der Waals surface area contributed by atoms with Gasteiger partial charge in [0.2, 0.25) is 0 Å². The second-order valence-electron chi connectivity index (χ2n) is 8.41. The Bertz CT molecular complexity index is 618. The van der Waals surface area contributed by atoms with Crippen LogP contribution in [0.15, 0.2) is 18.2 Å². The van der Waals surface area contributed by atoms with E-state index in [-0.39, 0.29) is 6.61 Å². The third-order valence-corrected chi connectivity index (χ3v) is 5.97. The predicted octanol–water partition coefficient (Wildman–Crippen LogP) is 2.02. The third-order valence-electron chi connectivity index (χ3n) is 5.97. The molecule has 7 heteroatoms. The summed E-state index contributed by atoms with van der Waals surface area (Å²) in [6, 6.07) is 5.99. The normalized spacial score (nSPS) is 19.7. The minimum Gasteiger partial charge on any atom is -0.493 e. The number of rotatable bonds is 11. The molecule has 1 unspecified atom stereocenters. The molecule has 1 N–H and O–H groups in total. The molecule has 0 saturated carbocycles. The molecule has 7 nitrogen and oxygen atoms in total. The smallest absolute Gasteiger partial charge is 0.165 e. The first-order valence-electron chi connectivity index (χ1n) is 11.2. The fourth-order valence-electron chi connectivity index (χ4n) is 4.13. The van der Waals surface area contributed by atoms with Gasteiger partial charge in [0, 0.05) is 45.0 Å². The molecule has 3 rings (SSSR count). The highest BCUT2D eigenvalue weighted by atomic mass is 16.5. The maximum atomic E-state index is 10.5. The van der Waals surface area contributed by atoms with Gasteiger partial charge in [0.05, 0.1) is 20.3 Å². The van der Waals surface area contributed by atoms with E-state index in [2.05, 4.69) is 22.9 Å². The third kappa shape index (κ3) is 7.39. The van der Waals surface area contributed by atoms with Gasteiger partial charge >= 0.3 is 0 Å². The quantitative estimate of drug-likeness (QED) is 0.585. The van der Waals surface area contributed by atoms with Gasteiger partial charge in [0.15, 0.2) is 11.5 Å². The van der Waals surface area contributed by atoms with E-state index in [9.17, 15) is 5.11 Å². The average Bonchev–Trinajstić information content (AvgIpc) is 2.78. The lowest BCUT2D eigenvalue weighted by molar-refractivity contribution is 0.00431. The van der Waals surface area contributed by atoms with Gasteiger partial charge in [-0.05, 0) is 44.8 Å². The van der Waals surface area contributed by atoms with E-state index in [1.807, 2.05) is 12.1 Å². The summed E-state index contributed by atoms with van der Waals surface area (Å²) in [4.78, 5) is 4.55. The van der Waals surface area contributed by atoms with Crippen LogP contribution in [0.25, 0.3) is 0 Å². The lowest BCUT2D eigenvalue weighted by Crippen LogP contribution is -2.42. The van der Waals surface area contributed by atoms with Crippen LogP contribution in [-0.4, -0.2) is 94.4 Å². The van der Waals surface area contributed by atoms with Crippen LogP contribution in [0.1, 0.15) is 24.8 Å². The van der Waals surface area contributed by atoms with Crippen molar-refractivity contribution in [1.29, 1.82) is 0 Å². The van der Waals surface area contributed by atoms with Crippen LogP contribution in [0.5, 0.6) is 11.5 Å². The summed E-state index contributed by atoms with van der Waals surface area (Å²) in [6.07, 6.45) is 2.98. The van der Waals surface area contributed by atoms with Crippen LogP contribution in [0.2, 0.25) is 0 Å². The van der Waals surface area contributed by atoms with E-state index < -0.39 is 6.10 Å². The summed E-state index contributed by atoms with van der Waals surface area (Å²) in [5, 5.41) is 10.5. The van der Waals surface area contributed by atoms with Crippen molar-refractivity contribution in [3.05, 3.63) is 23.8 Å². The molecule has 2 aliphatic heterocycles. The number of ether oxygens (including phenoxy) is 4. The summed E-state index contributed by atoms with van der Waals surface area (Å²) in [5.74, 6) is 2.21. The topological polar surface area (TPSA) is 63.6 Å². The van der Waals surface area contributed by atoms with Crippen molar-refractivity contribution in [2.75, 3.05) is 73.4 Å². The molecule has 0 spiro atoms. The lowest BCUT2D eigenvalue weighted by atomic mass is 9.96. The van der Waals surface area contributed by atoms with Crippen LogP contribution >= 0.6 is 0 Å². The highest BCUT2D eigenvalue weighted by Crippen LogP contribution is 2.32. The van der Waals surface area contributed by atoms with Crippen LogP contribution in [0.4, 0.5) is 0 Å². The van der Waals surface area contributed by atoms with E-state index in [1.54, 1.807) is 7.11 Å². The number of β-amino-alcohol motifs (C(OH)–C–C–N with tert-alkyl or cyclic N) is 1. The van der Waals surface area contributed by atoms with E-state index in [4.69, 9.17) is 18.9 Å². The van der Waals surface area contributed by atoms with Crippen LogP contribution < -0.4 is 9.47 Å². The first-order chi connectivity index (χ1) is 14.7. The number of morpholine rings is 1. The van der Waals surface area contributed by atoms with Gasteiger partial charge in [-0.1, -0.05) is 12.1 Å². The number of aliphatic hydroxyl groups excluding tert-OH is 1. The summed E-state index contributed by atoms with van der Waals surface area (Å²) in [5.41, 5.74) is 1.09. The highest BCUT2D eigenvalue weighted by molar-refractivity contribution is 5.46. The number of aliphatic hydroxyl groups is 1. The Morgan fingerprint density at radius 3 is 2.63 bits per heavy atom. The molecule has 2 aliphatic rings. The summed E-state index contributed by atoms with van der Waals surface area (Å²) < 4.78 is 22.5. The Kier molecular flexibility index (Phi) is 9.68. The zero-order valence-electron chi connectivity index (χ0n) is 18.6. The van der Waals surface area contributed by atoms with E-state index in [0.29, 0.717) is 12.3 Å². The molecule has 0 radical (unpaired) electrons. The molecule has 2 heterocycles. The van der Waals surface area contributed by atoms with Gasteiger partial charge < -0.3 is 29.0 Å². The molecule has 0 bridgehead atoms. The van der Waals surface area contributed by atoms with Crippen LogP contribution in [0, 0.1) is 5.92 Å². The van der Waals surface area contributed by atoms with Gasteiger partial charge in [0.1, 0.15) is 12.7 Å². The van der Waals surface area contributed by atoms with Crippen molar-refractivity contribution in [2.45, 2.75) is 31.9 Å². The fourth-order valence-corrected chi connectivity index (χ4v) is 4.13. The molecular weight excluding hydrogens is 384 g/mol. The monoisotopic (exact) mass is 422 g/mol. The van der Waals surface area contributed by atoms with Crippen molar-refractivity contribution in [3.63, 3.8) is 0 Å². The zero-order chi connectivity index (χ0) is 21.2. The molecule has 1 aromatic carbocycles. The summed E-state index contributed by atoms with van der Waals surface area (Å²) in [6.45, 7) is 7.63. The van der Waals surface area contributed by atoms with Crippen molar-refractivity contribution in [2.24, 2.45) is 5.92 Å². The second kappa shape index (κ2) is 12.5. The standard InChI is InChI=1S/C23H38N2O5/c1-24(9-6-19-7-12-28-13-8-19)16-20-4-3-5-22(27-2)23(20)30-18-21(26)17-25-10-14-29-15-11-25/h3-5,19,21,26H,6-18H2,1-2H3. The summed E-state index contributed by atoms with van der Waals surface area (Å²) >= 11 is 0. The van der Waals surface area contributed by atoms with Gasteiger partial charge in [-0.3, -0.25) is 4.90 Å². The maximum absolute atomic E-state index is 10.5. The van der Waals surface area contributed by atoms with Gasteiger partial charge in [-0.25, -0.2) is 0 Å². The van der Waals surface area contributed by atoms with Crippen molar-refractivity contribution < 1.29 is 24.1 Å². The molecular formula is C23H38N2O5. The van der Waals surface area contributed by atoms with Crippen molar-refractivity contribution in [3.8, 4) is 11.5 Å². The maximum Gasteiger partial charge on any atom is 0.165 e. The van der Waals surface area contributed by atoms with E-state index in [1.165, 1.54) is 19.3 Å². The Morgan fingerprint density at radius 2 is 1.90 bits per heavy atom. The predicted molar refractivity (Wildman–Crippen MR) is 116 cm³/mol. The van der Waals surface area contributed by atoms with Crippen molar-refractivity contribution in [1.82, 2.24) is 9.80 Å². The first kappa shape index (κ1) is 23.3. The Balaban J connectivity index is 1.52. The van der Waals surface area contributed by atoms with E-state index >= 15 is 0 Å². The van der Waals surface area contributed by atoms with Gasteiger partial charge in [0.25, 0.3) is 0 Å². The molecule has 30 heavy (non-hydrogen) atoms. The molecule has 0 amide bonds. The average molecular weight is 423 g/mol. The Morgan fingerprint density at radius 1 is 1.17 bits per heavy atom. The zero-order valence-corrected chi connectivity index (χ0v) is 18.6. The number of para-hydroxylation sites is 1. The van der Waals surface area contributed by atoms with E-state index in [0.717, 1.165) is 69.8 Å². The molecule has 0 aliphatic carbocycles.